The van der Waals surface area contributed by atoms with Gasteiger partial charge in [-0.05, 0) is 47.0 Å². The van der Waals surface area contributed by atoms with Gasteiger partial charge in [0.2, 0.25) is 5.96 Å². The zero-order chi connectivity index (χ0) is 12.8. The number of benzene rings is 1. The molecular weight excluding hydrogens is 287 g/mol. The molecule has 0 aliphatic heterocycles. The van der Waals surface area contributed by atoms with Crippen molar-refractivity contribution >= 4 is 27.6 Å². The van der Waals surface area contributed by atoms with E-state index in [1.165, 1.54) is 6.07 Å². The molecular formula is C11H16BrFN4. The number of hydrazine groups is 1. The second kappa shape index (κ2) is 6.56. The number of hydrogen-bond acceptors (Lipinski definition) is 2. The van der Waals surface area contributed by atoms with Gasteiger partial charge in [0.1, 0.15) is 5.82 Å². The van der Waals surface area contributed by atoms with E-state index in [1.54, 1.807) is 6.07 Å². The Bertz CT molecular complexity index is 420. The average molecular weight is 303 g/mol. The van der Waals surface area contributed by atoms with E-state index >= 15 is 0 Å². The molecule has 0 aromatic heterocycles. The van der Waals surface area contributed by atoms with Gasteiger partial charge < -0.3 is 5.32 Å². The van der Waals surface area contributed by atoms with E-state index < -0.39 is 0 Å². The molecule has 0 amide bonds. The highest BCUT2D eigenvalue weighted by Crippen LogP contribution is 2.24. The topological polar surface area (TPSA) is 62.4 Å². The highest BCUT2D eigenvalue weighted by Gasteiger charge is 2.06. The Morgan fingerprint density at radius 3 is 2.82 bits per heavy atom. The average Bonchev–Trinajstić information content (AvgIpc) is 2.30. The van der Waals surface area contributed by atoms with Crippen LogP contribution < -0.4 is 16.6 Å². The standard InChI is InChI=1S/C11H16BrFN4/c1-3-4-15-11(17-14)16-10-6-8(12)9(13)5-7(10)2/h5-6H,3-4,14H2,1-2H3,(H2,15,16,17). The zero-order valence-corrected chi connectivity index (χ0v) is 11.4. The number of aryl methyl sites for hydroxylation is 1. The van der Waals surface area contributed by atoms with Crippen molar-refractivity contribution in [3.8, 4) is 0 Å². The van der Waals surface area contributed by atoms with Crippen LogP contribution in [0.4, 0.5) is 10.1 Å². The second-order valence-electron chi connectivity index (χ2n) is 3.58. The molecule has 94 valence electrons. The van der Waals surface area contributed by atoms with Crippen molar-refractivity contribution in [3.05, 3.63) is 28.0 Å². The van der Waals surface area contributed by atoms with Crippen LogP contribution >= 0.6 is 15.9 Å². The second-order valence-corrected chi connectivity index (χ2v) is 4.44. The zero-order valence-electron chi connectivity index (χ0n) is 9.85. The van der Waals surface area contributed by atoms with Crippen molar-refractivity contribution in [1.29, 1.82) is 0 Å². The van der Waals surface area contributed by atoms with E-state index in [2.05, 4.69) is 31.7 Å². The van der Waals surface area contributed by atoms with E-state index in [0.717, 1.165) is 17.7 Å². The lowest BCUT2D eigenvalue weighted by Gasteiger charge is -2.12. The van der Waals surface area contributed by atoms with Gasteiger partial charge in [-0.2, -0.15) is 0 Å². The summed E-state index contributed by atoms with van der Waals surface area (Å²) in [5, 5.41) is 3.02. The van der Waals surface area contributed by atoms with Gasteiger partial charge in [-0.3, -0.25) is 10.4 Å². The quantitative estimate of drug-likeness (QED) is 0.348. The summed E-state index contributed by atoms with van der Waals surface area (Å²) in [6.07, 6.45) is 0.930. The molecule has 1 aromatic carbocycles. The van der Waals surface area contributed by atoms with Crippen LogP contribution in [-0.4, -0.2) is 12.5 Å². The first kappa shape index (κ1) is 13.9. The predicted molar refractivity (Wildman–Crippen MR) is 72.4 cm³/mol. The molecule has 1 rings (SSSR count). The van der Waals surface area contributed by atoms with Gasteiger partial charge in [0.25, 0.3) is 0 Å². The first-order chi connectivity index (χ1) is 8.08. The van der Waals surface area contributed by atoms with Crippen LogP contribution in [0.25, 0.3) is 0 Å². The lowest BCUT2D eigenvalue weighted by Crippen LogP contribution is -2.36. The Balaban J connectivity index is 2.90. The molecule has 0 fully saturated rings. The van der Waals surface area contributed by atoms with Gasteiger partial charge in [0, 0.05) is 12.2 Å². The highest BCUT2D eigenvalue weighted by molar-refractivity contribution is 9.10. The minimum Gasteiger partial charge on any atom is -0.325 e. The lowest BCUT2D eigenvalue weighted by molar-refractivity contribution is 0.620. The molecule has 6 heteroatoms. The summed E-state index contributed by atoms with van der Waals surface area (Å²) in [5.41, 5.74) is 4.01. The number of aliphatic imine (C=N–C) groups is 1. The fraction of sp³-hybridized carbons (Fsp3) is 0.364. The fourth-order valence-corrected chi connectivity index (χ4v) is 1.60. The summed E-state index contributed by atoms with van der Waals surface area (Å²) < 4.78 is 13.6. The van der Waals surface area contributed by atoms with Crippen molar-refractivity contribution in [2.75, 3.05) is 11.9 Å². The molecule has 0 bridgehead atoms. The molecule has 0 unspecified atom stereocenters. The molecule has 0 radical (unpaired) electrons. The van der Waals surface area contributed by atoms with Gasteiger partial charge in [-0.1, -0.05) is 6.92 Å². The van der Waals surface area contributed by atoms with Crippen molar-refractivity contribution in [2.24, 2.45) is 10.8 Å². The number of hydrogen-bond donors (Lipinski definition) is 3. The Morgan fingerprint density at radius 2 is 2.24 bits per heavy atom. The van der Waals surface area contributed by atoms with Crippen LogP contribution in [0.2, 0.25) is 0 Å². The molecule has 0 atom stereocenters. The molecule has 0 saturated carbocycles. The van der Waals surface area contributed by atoms with Crippen LogP contribution in [0, 0.1) is 12.7 Å². The molecule has 4 nitrogen and oxygen atoms in total. The molecule has 0 aliphatic carbocycles. The van der Waals surface area contributed by atoms with Gasteiger partial charge in [0.15, 0.2) is 0 Å². The monoisotopic (exact) mass is 302 g/mol. The maximum absolute atomic E-state index is 13.2. The molecule has 0 saturated heterocycles. The maximum Gasteiger partial charge on any atom is 0.210 e. The Morgan fingerprint density at radius 1 is 1.53 bits per heavy atom. The van der Waals surface area contributed by atoms with Crippen LogP contribution in [0.1, 0.15) is 18.9 Å². The van der Waals surface area contributed by atoms with Gasteiger partial charge >= 0.3 is 0 Å². The first-order valence-corrected chi connectivity index (χ1v) is 6.11. The number of guanidine groups is 1. The summed E-state index contributed by atoms with van der Waals surface area (Å²) in [7, 11) is 0. The smallest absolute Gasteiger partial charge is 0.210 e. The van der Waals surface area contributed by atoms with Crippen LogP contribution in [0.3, 0.4) is 0 Å². The van der Waals surface area contributed by atoms with Crippen molar-refractivity contribution < 1.29 is 4.39 Å². The predicted octanol–water partition coefficient (Wildman–Crippen LogP) is 2.54. The minimum atomic E-state index is -0.291. The fourth-order valence-electron chi connectivity index (χ4n) is 1.25. The maximum atomic E-state index is 13.2. The third-order valence-electron chi connectivity index (χ3n) is 2.15. The van der Waals surface area contributed by atoms with Crippen LogP contribution in [0.15, 0.2) is 21.6 Å². The first-order valence-electron chi connectivity index (χ1n) is 5.32. The van der Waals surface area contributed by atoms with Crippen molar-refractivity contribution in [3.63, 3.8) is 0 Å². The summed E-state index contributed by atoms with van der Waals surface area (Å²) in [4.78, 5) is 4.21. The summed E-state index contributed by atoms with van der Waals surface area (Å²) in [6.45, 7) is 4.51. The largest absolute Gasteiger partial charge is 0.325 e. The van der Waals surface area contributed by atoms with Crippen LogP contribution in [0.5, 0.6) is 0 Å². The number of nitrogens with one attached hydrogen (secondary N) is 2. The number of halogens is 2. The molecule has 1 aromatic rings. The van der Waals surface area contributed by atoms with Gasteiger partial charge in [-0.25, -0.2) is 10.2 Å². The summed E-state index contributed by atoms with van der Waals surface area (Å²) in [6, 6.07) is 3.10. The summed E-state index contributed by atoms with van der Waals surface area (Å²) >= 11 is 3.14. The van der Waals surface area contributed by atoms with E-state index in [-0.39, 0.29) is 5.82 Å². The minimum absolute atomic E-state index is 0.291. The van der Waals surface area contributed by atoms with E-state index in [9.17, 15) is 4.39 Å². The number of nitrogens with zero attached hydrogens (tertiary/aromatic N) is 1. The Hall–Kier alpha value is -1.14. The van der Waals surface area contributed by atoms with Crippen molar-refractivity contribution in [2.45, 2.75) is 20.3 Å². The Labute approximate surface area is 109 Å². The normalized spacial score (nSPS) is 11.5. The highest BCUT2D eigenvalue weighted by atomic mass is 79.9. The van der Waals surface area contributed by atoms with Gasteiger partial charge in [-0.15, -0.1) is 0 Å². The number of nitrogens with two attached hydrogens (primary N) is 1. The van der Waals surface area contributed by atoms with E-state index in [1.807, 2.05) is 13.8 Å². The number of anilines is 1. The Kier molecular flexibility index (Phi) is 5.37. The van der Waals surface area contributed by atoms with Gasteiger partial charge in [0.05, 0.1) is 4.47 Å². The third kappa shape index (κ3) is 3.98. The van der Waals surface area contributed by atoms with Crippen LogP contribution in [-0.2, 0) is 0 Å². The van der Waals surface area contributed by atoms with E-state index in [4.69, 9.17) is 5.84 Å². The summed E-state index contributed by atoms with van der Waals surface area (Å²) in [5.74, 6) is 5.53. The molecule has 0 spiro atoms. The molecule has 4 N–H and O–H groups in total. The lowest BCUT2D eigenvalue weighted by atomic mass is 10.2. The van der Waals surface area contributed by atoms with Crippen molar-refractivity contribution in [1.82, 2.24) is 5.43 Å². The number of rotatable bonds is 3. The third-order valence-corrected chi connectivity index (χ3v) is 2.76. The van der Waals surface area contributed by atoms with E-state index in [0.29, 0.717) is 17.0 Å². The molecule has 0 aliphatic rings. The molecule has 0 heterocycles. The SMILES string of the molecule is CCCN=C(NN)Nc1cc(Br)c(F)cc1C. The molecule has 17 heavy (non-hydrogen) atoms.